The fourth-order valence-corrected chi connectivity index (χ4v) is 3.92. The van der Waals surface area contributed by atoms with Gasteiger partial charge < -0.3 is 10.0 Å². The summed E-state index contributed by atoms with van der Waals surface area (Å²) in [5.74, 6) is 0. The van der Waals surface area contributed by atoms with E-state index >= 15 is 0 Å². The molecule has 8 heteroatoms. The predicted octanol–water partition coefficient (Wildman–Crippen LogP) is 6.47. The maximum absolute atomic E-state index is 11.7. The Hall–Kier alpha value is -3.02. The van der Waals surface area contributed by atoms with Gasteiger partial charge in [-0.15, -0.1) is 17.9 Å². The zero-order chi connectivity index (χ0) is 22.6. The quantitative estimate of drug-likeness (QED) is 0.233. The molecule has 2 aromatic carbocycles. The van der Waals surface area contributed by atoms with Crippen LogP contribution in [-0.4, -0.2) is 31.2 Å². The van der Waals surface area contributed by atoms with Crippen molar-refractivity contribution in [3.63, 3.8) is 0 Å². The summed E-state index contributed by atoms with van der Waals surface area (Å²) >= 11 is 0. The predicted molar refractivity (Wildman–Crippen MR) is 130 cm³/mol. The molecule has 2 heterocycles. The van der Waals surface area contributed by atoms with Gasteiger partial charge in [-0.2, -0.15) is 0 Å². The van der Waals surface area contributed by atoms with E-state index in [1.165, 1.54) is 0 Å². The van der Waals surface area contributed by atoms with Crippen LogP contribution in [0.25, 0.3) is 43.9 Å². The molecular formula is C25H22N4O2PtS. The third-order valence-electron chi connectivity index (χ3n) is 4.71. The standard InChI is InChI=1S/C25H22N4O2S.Pt/c1-3-26-20-12-6-4-10-18(20)21-14-8-16-24(27-21)25-17-9-15-22(28-25)19-11-5-7-13-23(19)29-32(2,30)31;/h4-17H,3H2,1-2H3;/q-2;+2. The minimum Gasteiger partial charge on any atom is -0.684 e. The normalized spacial score (nSPS) is 10.8. The summed E-state index contributed by atoms with van der Waals surface area (Å²) in [6, 6.07) is 26.4. The van der Waals surface area contributed by atoms with Gasteiger partial charge in [0.05, 0.1) is 32.8 Å². The van der Waals surface area contributed by atoms with Crippen LogP contribution in [0.3, 0.4) is 0 Å². The Morgan fingerprint density at radius 1 is 0.667 bits per heavy atom. The van der Waals surface area contributed by atoms with E-state index in [4.69, 9.17) is 9.97 Å². The molecule has 0 spiro atoms. The van der Waals surface area contributed by atoms with Crippen molar-refractivity contribution in [3.05, 3.63) is 95.0 Å². The average Bonchev–Trinajstić information content (AvgIpc) is 2.79. The van der Waals surface area contributed by atoms with Gasteiger partial charge in [0.1, 0.15) is 0 Å². The average molecular weight is 638 g/mol. The zero-order valence-electron chi connectivity index (χ0n) is 18.1. The van der Waals surface area contributed by atoms with Crippen LogP contribution in [0.4, 0.5) is 11.4 Å². The minimum atomic E-state index is -3.54. The second-order valence-electron chi connectivity index (χ2n) is 7.15. The maximum atomic E-state index is 11.7. The van der Waals surface area contributed by atoms with Crippen molar-refractivity contribution in [2.75, 3.05) is 12.8 Å². The molecule has 0 aliphatic carbocycles. The molecule has 4 aromatic rings. The second-order valence-corrected chi connectivity index (χ2v) is 8.80. The first-order chi connectivity index (χ1) is 15.4. The Morgan fingerprint density at radius 3 is 1.64 bits per heavy atom. The number of hydrogen-bond acceptors (Lipinski definition) is 4. The third-order valence-corrected chi connectivity index (χ3v) is 5.24. The van der Waals surface area contributed by atoms with Gasteiger partial charge in [-0.1, -0.05) is 67.6 Å². The van der Waals surface area contributed by atoms with Gasteiger partial charge in [0.25, 0.3) is 0 Å². The third kappa shape index (κ3) is 6.06. The molecule has 4 rings (SSSR count). The minimum absolute atomic E-state index is 0. The summed E-state index contributed by atoms with van der Waals surface area (Å²) < 4.78 is 27.3. The summed E-state index contributed by atoms with van der Waals surface area (Å²) in [6.07, 6.45) is 1.08. The molecule has 170 valence electrons. The smallest absolute Gasteiger partial charge is 0.684 e. The molecule has 0 amide bonds. The number of benzene rings is 2. The number of aromatic nitrogens is 2. The molecule has 2 aromatic heterocycles. The Bertz CT molecular complexity index is 1360. The monoisotopic (exact) mass is 637 g/mol. The van der Waals surface area contributed by atoms with Crippen LogP contribution < -0.4 is 0 Å². The Kier molecular flexibility index (Phi) is 8.00. The van der Waals surface area contributed by atoms with Crippen molar-refractivity contribution in [3.8, 4) is 33.9 Å². The van der Waals surface area contributed by atoms with Gasteiger partial charge in [0.15, 0.2) is 0 Å². The molecule has 0 aliphatic heterocycles. The van der Waals surface area contributed by atoms with Gasteiger partial charge >= 0.3 is 21.1 Å². The summed E-state index contributed by atoms with van der Waals surface area (Å²) in [5, 5.41) is 4.56. The molecule has 0 saturated heterocycles. The maximum Gasteiger partial charge on any atom is 2.00 e. The van der Waals surface area contributed by atoms with Crippen LogP contribution in [-0.2, 0) is 31.1 Å². The van der Waals surface area contributed by atoms with Crippen molar-refractivity contribution in [2.24, 2.45) is 0 Å². The topological polar surface area (TPSA) is 88.1 Å². The molecule has 0 aliphatic rings. The molecule has 6 nitrogen and oxygen atoms in total. The Balaban J connectivity index is 0.00000306. The first-order valence-corrected chi connectivity index (χ1v) is 12.0. The largest absolute Gasteiger partial charge is 2.00 e. The van der Waals surface area contributed by atoms with E-state index in [9.17, 15) is 8.42 Å². The number of sulfonamides is 1. The Labute approximate surface area is 208 Å². The molecule has 33 heavy (non-hydrogen) atoms. The second kappa shape index (κ2) is 10.7. The van der Waals surface area contributed by atoms with E-state index in [2.05, 4.69) is 10.0 Å². The van der Waals surface area contributed by atoms with Crippen LogP contribution >= 0.6 is 0 Å². The first-order valence-electron chi connectivity index (χ1n) is 10.2. The van der Waals surface area contributed by atoms with Crippen molar-refractivity contribution >= 4 is 21.4 Å². The molecule has 0 atom stereocenters. The van der Waals surface area contributed by atoms with Crippen molar-refractivity contribution in [1.29, 1.82) is 0 Å². The number of nitrogens with zero attached hydrogens (tertiary/aromatic N) is 4. The number of pyridine rings is 2. The number of hydrogen-bond donors (Lipinski definition) is 0. The van der Waals surface area contributed by atoms with Gasteiger partial charge in [-0.25, -0.2) is 18.4 Å². The summed E-state index contributed by atoms with van der Waals surface area (Å²) in [4.78, 5) is 9.59. The Morgan fingerprint density at radius 2 is 1.12 bits per heavy atom. The van der Waals surface area contributed by atoms with Gasteiger partial charge in [0, 0.05) is 6.26 Å². The SMILES string of the molecule is CC[N-]c1ccccc1-c1cccc(-c2cccc(-c3ccccc3[N-]S(C)(=O)=O)n2)n1.[Pt+2]. The van der Waals surface area contributed by atoms with E-state index < -0.39 is 10.0 Å². The van der Waals surface area contributed by atoms with E-state index in [1.807, 2.05) is 79.7 Å². The fourth-order valence-electron chi connectivity index (χ4n) is 3.40. The van der Waals surface area contributed by atoms with Gasteiger partial charge in [-0.3, -0.25) is 0 Å². The van der Waals surface area contributed by atoms with Crippen LogP contribution in [0.1, 0.15) is 6.92 Å². The van der Waals surface area contributed by atoms with Crippen molar-refractivity contribution in [1.82, 2.24) is 9.97 Å². The van der Waals surface area contributed by atoms with Crippen LogP contribution in [0.15, 0.2) is 84.9 Å². The molecular weight excluding hydrogens is 615 g/mol. The zero-order valence-corrected chi connectivity index (χ0v) is 21.2. The molecule has 0 N–H and O–H groups in total. The van der Waals surface area contributed by atoms with Crippen LogP contribution in [0, 0.1) is 0 Å². The summed E-state index contributed by atoms with van der Waals surface area (Å²) in [6.45, 7) is 2.70. The summed E-state index contributed by atoms with van der Waals surface area (Å²) in [7, 11) is -3.54. The first kappa shape index (κ1) is 24.6. The van der Waals surface area contributed by atoms with Crippen molar-refractivity contribution < 1.29 is 29.5 Å². The van der Waals surface area contributed by atoms with Gasteiger partial charge in [0.2, 0.25) is 0 Å². The van der Waals surface area contributed by atoms with Gasteiger partial charge in [-0.05, 0) is 35.4 Å². The summed E-state index contributed by atoms with van der Waals surface area (Å²) in [5.41, 5.74) is 5.70. The number of rotatable bonds is 7. The van der Waals surface area contributed by atoms with E-state index in [0.29, 0.717) is 34.9 Å². The van der Waals surface area contributed by atoms with E-state index in [0.717, 1.165) is 23.2 Å². The van der Waals surface area contributed by atoms with Crippen molar-refractivity contribution in [2.45, 2.75) is 6.92 Å². The number of para-hydroxylation sites is 1. The molecule has 0 radical (unpaired) electrons. The molecule has 0 unspecified atom stereocenters. The van der Waals surface area contributed by atoms with E-state index in [1.54, 1.807) is 12.1 Å². The van der Waals surface area contributed by atoms with Crippen LogP contribution in [0.5, 0.6) is 0 Å². The fraction of sp³-hybridized carbons (Fsp3) is 0.120. The van der Waals surface area contributed by atoms with E-state index in [-0.39, 0.29) is 21.1 Å². The molecule has 0 fully saturated rings. The van der Waals surface area contributed by atoms with Crippen LogP contribution in [0.2, 0.25) is 0 Å². The molecule has 0 bridgehead atoms. The molecule has 0 saturated carbocycles.